The van der Waals surface area contributed by atoms with Crippen molar-refractivity contribution in [3.63, 3.8) is 0 Å². The van der Waals surface area contributed by atoms with Crippen LogP contribution in [0, 0.1) is 17.1 Å². The highest BCUT2D eigenvalue weighted by Crippen LogP contribution is 2.32. The molecule has 0 fully saturated rings. The molecule has 96 valence electrons. The first-order valence-corrected chi connectivity index (χ1v) is 6.21. The van der Waals surface area contributed by atoms with Crippen LogP contribution in [0.1, 0.15) is 11.1 Å². The first-order valence-electron chi connectivity index (χ1n) is 5.42. The van der Waals surface area contributed by atoms with Crippen LogP contribution in [0.25, 0.3) is 0 Å². The molecule has 3 nitrogen and oxygen atoms in total. The lowest BCUT2D eigenvalue weighted by molar-refractivity contribution is 0.276. The molecule has 0 atom stereocenters. The van der Waals surface area contributed by atoms with Crippen LogP contribution in [0.2, 0.25) is 0 Å². The number of rotatable bonds is 3. The number of hydrogen-bond acceptors (Lipinski definition) is 3. The van der Waals surface area contributed by atoms with Gasteiger partial charge < -0.3 is 9.84 Å². The molecule has 0 aliphatic rings. The molecule has 0 aliphatic carbocycles. The van der Waals surface area contributed by atoms with E-state index in [4.69, 9.17) is 10.00 Å². The predicted octanol–water partition coefficient (Wildman–Crippen LogP) is 3.74. The average molecular weight is 322 g/mol. The molecular weight excluding hydrogens is 313 g/mol. The van der Waals surface area contributed by atoms with E-state index in [-0.39, 0.29) is 22.4 Å². The standard InChI is InChI=1S/C14H9BrFNO2/c15-13-9(7-17)5-6-12(14(13)16)19-11-4-2-1-3-10(11)8-18/h1-6,18H,8H2. The third-order valence-corrected chi connectivity index (χ3v) is 3.31. The second kappa shape index (κ2) is 5.83. The van der Waals surface area contributed by atoms with Gasteiger partial charge in [0.25, 0.3) is 0 Å². The molecule has 0 radical (unpaired) electrons. The van der Waals surface area contributed by atoms with Gasteiger partial charge in [-0.05, 0) is 34.1 Å². The van der Waals surface area contributed by atoms with Gasteiger partial charge in [-0.2, -0.15) is 5.26 Å². The van der Waals surface area contributed by atoms with Gasteiger partial charge in [-0.15, -0.1) is 0 Å². The van der Waals surface area contributed by atoms with E-state index in [1.807, 2.05) is 6.07 Å². The Kier molecular flexibility index (Phi) is 4.15. The number of hydrogen-bond donors (Lipinski definition) is 1. The van der Waals surface area contributed by atoms with Gasteiger partial charge in [0.15, 0.2) is 11.6 Å². The minimum atomic E-state index is -0.646. The van der Waals surface area contributed by atoms with Crippen molar-refractivity contribution in [1.29, 1.82) is 5.26 Å². The molecule has 0 aromatic heterocycles. The largest absolute Gasteiger partial charge is 0.454 e. The molecule has 0 amide bonds. The first-order chi connectivity index (χ1) is 9.17. The summed E-state index contributed by atoms with van der Waals surface area (Å²) in [6.45, 7) is -0.199. The average Bonchev–Trinajstić information content (AvgIpc) is 2.45. The van der Waals surface area contributed by atoms with Crippen LogP contribution in [-0.4, -0.2) is 5.11 Å². The maximum Gasteiger partial charge on any atom is 0.181 e. The fourth-order valence-corrected chi connectivity index (χ4v) is 1.97. The molecule has 1 N–H and O–H groups in total. The zero-order valence-electron chi connectivity index (χ0n) is 9.73. The van der Waals surface area contributed by atoms with Crippen molar-refractivity contribution in [2.24, 2.45) is 0 Å². The highest BCUT2D eigenvalue weighted by Gasteiger charge is 2.14. The summed E-state index contributed by atoms with van der Waals surface area (Å²) in [6, 6.07) is 11.5. The van der Waals surface area contributed by atoms with E-state index in [2.05, 4.69) is 15.9 Å². The van der Waals surface area contributed by atoms with Gasteiger partial charge in [0.2, 0.25) is 0 Å². The van der Waals surface area contributed by atoms with Gasteiger partial charge in [-0.3, -0.25) is 0 Å². The topological polar surface area (TPSA) is 53.2 Å². The predicted molar refractivity (Wildman–Crippen MR) is 71.3 cm³/mol. The van der Waals surface area contributed by atoms with Crippen molar-refractivity contribution >= 4 is 15.9 Å². The summed E-state index contributed by atoms with van der Waals surface area (Å²) in [5.74, 6) is -0.279. The van der Waals surface area contributed by atoms with Crippen molar-refractivity contribution in [2.75, 3.05) is 0 Å². The van der Waals surface area contributed by atoms with Crippen LogP contribution >= 0.6 is 15.9 Å². The maximum atomic E-state index is 14.0. The number of halogens is 2. The van der Waals surface area contributed by atoms with Gasteiger partial charge >= 0.3 is 0 Å². The molecule has 0 saturated heterocycles. The molecule has 0 spiro atoms. The Bertz CT molecular complexity index is 652. The molecule has 0 heterocycles. The Hall–Kier alpha value is -1.90. The molecule has 2 aromatic rings. The van der Waals surface area contributed by atoms with Crippen LogP contribution in [0.4, 0.5) is 4.39 Å². The number of aliphatic hydroxyl groups is 1. The lowest BCUT2D eigenvalue weighted by atomic mass is 10.2. The Morgan fingerprint density at radius 3 is 2.63 bits per heavy atom. The van der Waals surface area contributed by atoms with Crippen molar-refractivity contribution in [1.82, 2.24) is 0 Å². The molecular formula is C14H9BrFNO2. The van der Waals surface area contributed by atoms with Gasteiger partial charge in [-0.1, -0.05) is 18.2 Å². The quantitative estimate of drug-likeness (QED) is 0.936. The fraction of sp³-hybridized carbons (Fsp3) is 0.0714. The first kappa shape index (κ1) is 13.5. The third-order valence-electron chi connectivity index (χ3n) is 2.53. The van der Waals surface area contributed by atoms with Crippen LogP contribution in [0.15, 0.2) is 40.9 Å². The number of para-hydroxylation sites is 1. The zero-order valence-corrected chi connectivity index (χ0v) is 11.3. The summed E-state index contributed by atoms with van der Waals surface area (Å²) in [6.07, 6.45) is 0. The van der Waals surface area contributed by atoms with Crippen molar-refractivity contribution in [3.05, 3.63) is 57.8 Å². The van der Waals surface area contributed by atoms with E-state index >= 15 is 0 Å². The summed E-state index contributed by atoms with van der Waals surface area (Å²) >= 11 is 3.01. The van der Waals surface area contributed by atoms with Crippen LogP contribution < -0.4 is 4.74 Å². The van der Waals surface area contributed by atoms with Crippen molar-refractivity contribution < 1.29 is 14.2 Å². The molecule has 0 aliphatic heterocycles. The number of aliphatic hydroxyl groups excluding tert-OH is 1. The van der Waals surface area contributed by atoms with Crippen molar-refractivity contribution in [3.8, 4) is 17.6 Å². The number of ether oxygens (including phenoxy) is 1. The molecule has 2 rings (SSSR count). The number of nitrogens with zero attached hydrogens (tertiary/aromatic N) is 1. The summed E-state index contributed by atoms with van der Waals surface area (Å²) in [5.41, 5.74) is 0.752. The molecule has 0 bridgehead atoms. The van der Waals surface area contributed by atoms with Crippen LogP contribution in [0.3, 0.4) is 0 Å². The van der Waals surface area contributed by atoms with Crippen LogP contribution in [-0.2, 0) is 6.61 Å². The van der Waals surface area contributed by atoms with Gasteiger partial charge in [-0.25, -0.2) is 4.39 Å². The summed E-state index contributed by atoms with van der Waals surface area (Å²) < 4.78 is 19.5. The molecule has 2 aromatic carbocycles. The number of nitriles is 1. The van der Waals surface area contributed by atoms with Crippen LogP contribution in [0.5, 0.6) is 11.5 Å². The second-order valence-corrected chi connectivity index (χ2v) is 4.51. The van der Waals surface area contributed by atoms with E-state index < -0.39 is 5.82 Å². The molecule has 5 heteroatoms. The number of benzene rings is 2. The SMILES string of the molecule is N#Cc1ccc(Oc2ccccc2CO)c(F)c1Br. The van der Waals surface area contributed by atoms with Gasteiger partial charge in [0.1, 0.15) is 11.8 Å². The Morgan fingerprint density at radius 1 is 1.21 bits per heavy atom. The highest BCUT2D eigenvalue weighted by atomic mass is 79.9. The third kappa shape index (κ3) is 2.75. The lowest BCUT2D eigenvalue weighted by Crippen LogP contribution is -1.95. The summed E-state index contributed by atoms with van der Waals surface area (Å²) in [5, 5.41) is 18.0. The lowest BCUT2D eigenvalue weighted by Gasteiger charge is -2.11. The Labute approximate surface area is 118 Å². The molecule has 0 unspecified atom stereocenters. The normalized spacial score (nSPS) is 10.0. The van der Waals surface area contributed by atoms with E-state index in [9.17, 15) is 9.50 Å². The van der Waals surface area contributed by atoms with Gasteiger partial charge in [0, 0.05) is 5.56 Å². The smallest absolute Gasteiger partial charge is 0.181 e. The van der Waals surface area contributed by atoms with E-state index in [0.717, 1.165) is 0 Å². The summed E-state index contributed by atoms with van der Waals surface area (Å²) in [4.78, 5) is 0. The van der Waals surface area contributed by atoms with Crippen molar-refractivity contribution in [2.45, 2.75) is 6.61 Å². The Morgan fingerprint density at radius 2 is 1.95 bits per heavy atom. The van der Waals surface area contributed by atoms with E-state index in [0.29, 0.717) is 11.3 Å². The maximum absolute atomic E-state index is 14.0. The van der Waals surface area contributed by atoms with E-state index in [1.54, 1.807) is 24.3 Å². The minimum absolute atomic E-state index is 0.00762. The molecule has 0 saturated carbocycles. The second-order valence-electron chi connectivity index (χ2n) is 3.72. The Balaban J connectivity index is 2.40. The highest BCUT2D eigenvalue weighted by molar-refractivity contribution is 9.10. The zero-order chi connectivity index (χ0) is 13.8. The minimum Gasteiger partial charge on any atom is -0.454 e. The van der Waals surface area contributed by atoms with Gasteiger partial charge in [0.05, 0.1) is 16.6 Å². The fourth-order valence-electron chi connectivity index (χ4n) is 1.55. The molecule has 19 heavy (non-hydrogen) atoms. The monoisotopic (exact) mass is 321 g/mol. The van der Waals surface area contributed by atoms with E-state index in [1.165, 1.54) is 12.1 Å². The summed E-state index contributed by atoms with van der Waals surface area (Å²) in [7, 11) is 0.